The molecule has 2 aliphatic rings. The second-order valence-electron chi connectivity index (χ2n) is 8.53. The summed E-state index contributed by atoms with van der Waals surface area (Å²) >= 11 is 0. The van der Waals surface area contributed by atoms with Gasteiger partial charge in [0.1, 0.15) is 39.2 Å². The van der Waals surface area contributed by atoms with Crippen molar-refractivity contribution in [1.29, 1.82) is 0 Å². The first-order valence-electron chi connectivity index (χ1n) is 9.63. The predicted molar refractivity (Wildman–Crippen MR) is 108 cm³/mol. The molecule has 0 spiro atoms. The third-order valence-electron chi connectivity index (χ3n) is 5.63. The van der Waals surface area contributed by atoms with E-state index in [0.717, 1.165) is 0 Å². The lowest BCUT2D eigenvalue weighted by atomic mass is 9.92. The van der Waals surface area contributed by atoms with Gasteiger partial charge in [0.15, 0.2) is 5.60 Å². The molecule has 9 heteroatoms. The molecule has 5 N–H and O–H groups in total. The topological polar surface area (TPSA) is 150 Å². The number of phenols is 2. The van der Waals surface area contributed by atoms with Gasteiger partial charge in [0.25, 0.3) is 6.29 Å². The van der Waals surface area contributed by atoms with E-state index in [9.17, 15) is 30.3 Å². The Kier molecular flexibility index (Phi) is 3.89. The Labute approximate surface area is 175 Å². The molecule has 0 radical (unpaired) electrons. The molecule has 0 amide bonds. The van der Waals surface area contributed by atoms with Crippen molar-refractivity contribution in [2.24, 2.45) is 0 Å². The van der Waals surface area contributed by atoms with Crippen molar-refractivity contribution in [1.82, 2.24) is 0 Å². The Bertz CT molecular complexity index is 1330. The highest BCUT2D eigenvalue weighted by Crippen LogP contribution is 2.52. The van der Waals surface area contributed by atoms with Crippen molar-refractivity contribution < 1.29 is 39.4 Å². The Morgan fingerprint density at radius 1 is 1.23 bits per heavy atom. The molecule has 1 aromatic heterocycles. The van der Waals surface area contributed by atoms with Gasteiger partial charge in [0, 0.05) is 18.1 Å². The number of phenolic OH excluding ortho intramolecular Hbond substituents is 2. The smallest absolute Gasteiger partial charge is 0.277 e. The molecular weight excluding hydrogens is 408 g/mol. The molecule has 0 aliphatic carbocycles. The van der Waals surface area contributed by atoms with E-state index < -0.39 is 40.5 Å². The van der Waals surface area contributed by atoms with Crippen LogP contribution in [0.15, 0.2) is 39.7 Å². The molecule has 2 aliphatic heterocycles. The minimum absolute atomic E-state index is 0.0388. The quantitative estimate of drug-likeness (QED) is 0.395. The molecule has 5 rings (SSSR count). The number of fused-ring (bicyclic) bond motifs is 5. The highest BCUT2D eigenvalue weighted by molar-refractivity contribution is 5.98. The summed E-state index contributed by atoms with van der Waals surface area (Å²) in [7, 11) is 0. The second-order valence-corrected chi connectivity index (χ2v) is 8.53. The standard InChI is InChI=1S/C22H20O9/c1-21(2,27)8-11(24)9-3-4-10(23)14-17(25)15-12(30-19(9)14)7-13-16(18(15)26)22(28)5-6-29-20(22)31-13/h3-7,11,20,23-24,26-28H,8H2,1-2H3/t11?,20?,22-/m0/s1. The highest BCUT2D eigenvalue weighted by atomic mass is 16.7. The Hall–Kier alpha value is -3.27. The lowest BCUT2D eigenvalue weighted by Crippen LogP contribution is -2.33. The normalized spacial score (nSPS) is 22.9. The molecule has 3 heterocycles. The fraction of sp³-hybridized carbons (Fsp3) is 0.318. The maximum atomic E-state index is 13.3. The van der Waals surface area contributed by atoms with Crippen molar-refractivity contribution >= 4 is 21.9 Å². The average Bonchev–Trinajstić information content (AvgIpc) is 3.13. The van der Waals surface area contributed by atoms with Gasteiger partial charge in [-0.3, -0.25) is 4.79 Å². The van der Waals surface area contributed by atoms with Crippen LogP contribution in [0.1, 0.15) is 37.5 Å². The first kappa shape index (κ1) is 19.7. The summed E-state index contributed by atoms with van der Waals surface area (Å²) < 4.78 is 16.6. The summed E-state index contributed by atoms with van der Waals surface area (Å²) in [6, 6.07) is 3.98. The Balaban J connectivity index is 1.82. The minimum Gasteiger partial charge on any atom is -0.507 e. The number of ether oxygens (including phenoxy) is 2. The summed E-state index contributed by atoms with van der Waals surface area (Å²) in [6.45, 7) is 3.06. The van der Waals surface area contributed by atoms with Crippen LogP contribution in [0.25, 0.3) is 21.9 Å². The number of aromatic hydroxyl groups is 2. The van der Waals surface area contributed by atoms with E-state index in [1.165, 1.54) is 44.4 Å². The van der Waals surface area contributed by atoms with Crippen LogP contribution >= 0.6 is 0 Å². The molecule has 2 aromatic carbocycles. The van der Waals surface area contributed by atoms with Crippen molar-refractivity contribution in [2.45, 2.75) is 43.9 Å². The van der Waals surface area contributed by atoms with E-state index in [-0.39, 0.29) is 45.2 Å². The molecule has 0 saturated carbocycles. The molecule has 0 saturated heterocycles. The number of aliphatic hydroxyl groups excluding tert-OH is 1. The highest BCUT2D eigenvalue weighted by Gasteiger charge is 2.53. The van der Waals surface area contributed by atoms with Gasteiger partial charge in [0.2, 0.25) is 5.43 Å². The van der Waals surface area contributed by atoms with Gasteiger partial charge in [-0.25, -0.2) is 0 Å². The zero-order chi connectivity index (χ0) is 22.3. The van der Waals surface area contributed by atoms with Gasteiger partial charge < -0.3 is 39.4 Å². The molecule has 0 fully saturated rings. The number of hydrogen-bond donors (Lipinski definition) is 5. The molecule has 31 heavy (non-hydrogen) atoms. The SMILES string of the molecule is CC(C)(O)CC(O)c1ccc(O)c2c(=O)c3c(O)c4c(cc3oc12)OC1OC=C[C@]41O. The van der Waals surface area contributed by atoms with Gasteiger partial charge in [-0.2, -0.15) is 0 Å². The summed E-state index contributed by atoms with van der Waals surface area (Å²) in [4.78, 5) is 13.3. The van der Waals surface area contributed by atoms with E-state index in [1.54, 1.807) is 0 Å². The lowest BCUT2D eigenvalue weighted by molar-refractivity contribution is -0.110. The van der Waals surface area contributed by atoms with Crippen LogP contribution in [0.4, 0.5) is 0 Å². The van der Waals surface area contributed by atoms with E-state index in [4.69, 9.17) is 13.9 Å². The number of aliphatic hydroxyl groups is 3. The van der Waals surface area contributed by atoms with Crippen molar-refractivity contribution in [3.8, 4) is 17.2 Å². The third kappa shape index (κ3) is 2.71. The second kappa shape index (κ2) is 6.13. The molecule has 3 aromatic rings. The van der Waals surface area contributed by atoms with Gasteiger partial charge in [-0.1, -0.05) is 0 Å². The molecular formula is C22H20O9. The number of rotatable bonds is 3. The molecule has 0 bridgehead atoms. The first-order valence-corrected chi connectivity index (χ1v) is 9.63. The lowest BCUT2D eigenvalue weighted by Gasteiger charge is -2.22. The van der Waals surface area contributed by atoms with Crippen LogP contribution in [-0.4, -0.2) is 37.4 Å². The van der Waals surface area contributed by atoms with Crippen molar-refractivity contribution in [3.63, 3.8) is 0 Å². The monoisotopic (exact) mass is 428 g/mol. The van der Waals surface area contributed by atoms with Crippen LogP contribution in [-0.2, 0) is 10.3 Å². The molecule has 9 nitrogen and oxygen atoms in total. The largest absolute Gasteiger partial charge is 0.507 e. The zero-order valence-electron chi connectivity index (χ0n) is 16.6. The summed E-state index contributed by atoms with van der Waals surface area (Å²) in [5, 5.41) is 52.3. The fourth-order valence-corrected chi connectivity index (χ4v) is 4.23. The van der Waals surface area contributed by atoms with Crippen LogP contribution in [0, 0.1) is 0 Å². The average molecular weight is 428 g/mol. The molecule has 3 atom stereocenters. The number of benzene rings is 2. The maximum Gasteiger partial charge on any atom is 0.277 e. The van der Waals surface area contributed by atoms with Crippen LogP contribution in [0.2, 0.25) is 0 Å². The molecule has 2 unspecified atom stereocenters. The van der Waals surface area contributed by atoms with Crippen LogP contribution < -0.4 is 10.2 Å². The first-order chi connectivity index (χ1) is 14.5. The summed E-state index contributed by atoms with van der Waals surface area (Å²) in [6.07, 6.45) is 0.183. The zero-order valence-corrected chi connectivity index (χ0v) is 16.6. The Morgan fingerprint density at radius 2 is 1.97 bits per heavy atom. The number of hydrogen-bond acceptors (Lipinski definition) is 9. The van der Waals surface area contributed by atoms with E-state index in [0.29, 0.717) is 0 Å². The van der Waals surface area contributed by atoms with E-state index in [1.807, 2.05) is 0 Å². The predicted octanol–water partition coefficient (Wildman–Crippen LogP) is 2.00. The maximum absolute atomic E-state index is 13.3. The van der Waals surface area contributed by atoms with E-state index >= 15 is 0 Å². The van der Waals surface area contributed by atoms with Gasteiger partial charge in [-0.05, 0) is 32.1 Å². The van der Waals surface area contributed by atoms with Gasteiger partial charge in [0.05, 0.1) is 23.5 Å². The van der Waals surface area contributed by atoms with E-state index in [2.05, 4.69) is 0 Å². The van der Waals surface area contributed by atoms with Gasteiger partial charge in [-0.15, -0.1) is 0 Å². The minimum atomic E-state index is -1.78. The molecule has 162 valence electrons. The summed E-state index contributed by atoms with van der Waals surface area (Å²) in [5.74, 6) is -0.880. The third-order valence-corrected chi connectivity index (χ3v) is 5.63. The Morgan fingerprint density at radius 3 is 2.68 bits per heavy atom. The van der Waals surface area contributed by atoms with Crippen molar-refractivity contribution in [3.05, 3.63) is 51.9 Å². The summed E-state index contributed by atoms with van der Waals surface area (Å²) in [5.41, 5.74) is -3.72. The van der Waals surface area contributed by atoms with Crippen LogP contribution in [0.5, 0.6) is 17.2 Å². The van der Waals surface area contributed by atoms with Crippen molar-refractivity contribution in [2.75, 3.05) is 0 Å². The van der Waals surface area contributed by atoms with Crippen LogP contribution in [0.3, 0.4) is 0 Å². The fourth-order valence-electron chi connectivity index (χ4n) is 4.23. The van der Waals surface area contributed by atoms with Gasteiger partial charge >= 0.3 is 0 Å².